The number of aromatic hydroxyl groups is 1. The Kier molecular flexibility index (Phi) is 15.3. The number of nitriles is 1. The van der Waals surface area contributed by atoms with E-state index in [-0.39, 0.29) is 49.5 Å². The van der Waals surface area contributed by atoms with Gasteiger partial charge in [-0.25, -0.2) is 4.98 Å². The number of phenolic OH excluding ortho intramolecular Hbond substituents is 1. The van der Waals surface area contributed by atoms with Crippen LogP contribution in [0.3, 0.4) is 0 Å². The van der Waals surface area contributed by atoms with Crippen LogP contribution in [0, 0.1) is 17.4 Å². The normalized spacial score (nSPS) is 12.4. The third-order valence-electron chi connectivity index (χ3n) is 15.7. The maximum atomic E-state index is 13.0. The van der Waals surface area contributed by atoms with E-state index >= 15 is 0 Å². The van der Waals surface area contributed by atoms with Crippen LogP contribution >= 0.6 is 0 Å². The van der Waals surface area contributed by atoms with Crippen LogP contribution in [-0.2, 0) is 42.7 Å². The molecule has 1 N–H and O–H groups in total. The summed E-state index contributed by atoms with van der Waals surface area (Å²) in [4.78, 5) is 11.3. The molecule has 0 saturated carbocycles. The Balaban J connectivity index is 0.00000774. The monoisotopic (exact) mass is 1230 g/mol. The second-order valence-corrected chi connectivity index (χ2v) is 26.4. The van der Waals surface area contributed by atoms with Crippen molar-refractivity contribution in [3.05, 3.63) is 197 Å². The van der Waals surface area contributed by atoms with Gasteiger partial charge in [0.25, 0.3) is 0 Å². The van der Waals surface area contributed by atoms with Crippen molar-refractivity contribution in [2.24, 2.45) is 0 Å². The van der Waals surface area contributed by atoms with Gasteiger partial charge in [-0.3, -0.25) is 9.55 Å². The molecule has 0 fully saturated rings. The number of hydrogen-bond acceptors (Lipinski definition) is 4. The fraction of sp³-hybridized carbons (Fsp3) is 0.301. The van der Waals surface area contributed by atoms with Crippen LogP contribution in [0.4, 0.5) is 0 Å². The SMILES string of the molecule is CC(C)c1cc(-c2ccccc2)cc(C(C)C)c1-n1c(-c2c(O)c(C(C)(C)C)cc(C(C)(C)C)c2C#N)nc2c(-c3[c-]c(-c4nc5ccccc5n4-c4ccc(C(C)(C)C)cc4-c4ccccc4)cc(C(C)(C)C)c3)cccc21.[Pt]. The van der Waals surface area contributed by atoms with Crippen molar-refractivity contribution in [1.82, 2.24) is 19.1 Å². The number of nitrogens with zero attached hydrogens (tertiary/aromatic N) is 5. The summed E-state index contributed by atoms with van der Waals surface area (Å²) in [5, 5.41) is 24.5. The van der Waals surface area contributed by atoms with Crippen molar-refractivity contribution in [3.63, 3.8) is 0 Å². The number of imidazole rings is 2. The van der Waals surface area contributed by atoms with Crippen LogP contribution in [0.15, 0.2) is 152 Å². The standard InChI is InChI=1S/C73H76N5O.Pt/c1-44(2)54-39-48(46-26-19-17-20-27-46)40-55(45(3)4)66(54)78-63-33-25-30-53(65(63)76-69(78)64-57(43-74)58(72(11,12)13)42-59(67(64)79)73(14,15)16)49-36-50(38-52(37-49)71(8,9)10)68-75-60-31-23-24-32-62(60)77(68)61-35-34-51(70(5,6)7)41-56(61)47-28-21-18-22-29-47;/h17-35,37-42,44-45,79H,1-16H3;/q-1;. The Morgan fingerprint density at radius 3 is 1.64 bits per heavy atom. The predicted octanol–water partition coefficient (Wildman–Crippen LogP) is 19.5. The van der Waals surface area contributed by atoms with Gasteiger partial charge in [-0.15, -0.1) is 29.3 Å². The molecule has 0 bridgehead atoms. The van der Waals surface area contributed by atoms with Crippen molar-refractivity contribution >= 4 is 22.1 Å². The number of rotatable bonds is 9. The molecule has 0 unspecified atom stereocenters. The zero-order valence-electron chi connectivity index (χ0n) is 49.6. The van der Waals surface area contributed by atoms with Gasteiger partial charge in [0, 0.05) is 37.9 Å². The van der Waals surface area contributed by atoms with Crippen molar-refractivity contribution in [3.8, 4) is 79.3 Å². The summed E-state index contributed by atoms with van der Waals surface area (Å²) < 4.78 is 4.59. The van der Waals surface area contributed by atoms with Gasteiger partial charge in [-0.2, -0.15) is 5.26 Å². The third kappa shape index (κ3) is 10.5. The first-order valence-electron chi connectivity index (χ1n) is 28.1. The van der Waals surface area contributed by atoms with Gasteiger partial charge in [0.05, 0.1) is 44.7 Å². The van der Waals surface area contributed by atoms with Crippen LogP contribution in [0.1, 0.15) is 162 Å². The average molecular weight is 1230 g/mol. The molecule has 0 amide bonds. The first-order valence-corrected chi connectivity index (χ1v) is 28.1. The summed E-state index contributed by atoms with van der Waals surface area (Å²) in [7, 11) is 0. The van der Waals surface area contributed by atoms with Gasteiger partial charge >= 0.3 is 0 Å². The molecule has 0 atom stereocenters. The molecule has 410 valence electrons. The minimum atomic E-state index is -0.468. The van der Waals surface area contributed by atoms with Crippen molar-refractivity contribution < 1.29 is 26.2 Å². The van der Waals surface area contributed by atoms with Crippen molar-refractivity contribution in [2.45, 2.75) is 144 Å². The molecule has 0 saturated heterocycles. The molecule has 0 aliphatic carbocycles. The van der Waals surface area contributed by atoms with E-state index in [0.717, 1.165) is 106 Å². The molecule has 8 aromatic carbocycles. The molecule has 2 aromatic heterocycles. The number of para-hydroxylation sites is 3. The summed E-state index contributed by atoms with van der Waals surface area (Å²) in [6, 6.07) is 60.8. The Labute approximate surface area is 489 Å². The van der Waals surface area contributed by atoms with Crippen LogP contribution in [0.25, 0.3) is 89.6 Å². The van der Waals surface area contributed by atoms with Crippen molar-refractivity contribution in [1.29, 1.82) is 5.26 Å². The van der Waals surface area contributed by atoms with E-state index in [2.05, 4.69) is 278 Å². The third-order valence-corrected chi connectivity index (χ3v) is 15.7. The first-order chi connectivity index (χ1) is 37.3. The maximum Gasteiger partial charge on any atom is 0.150 e. The number of benzene rings is 8. The Morgan fingerprint density at radius 1 is 0.500 bits per heavy atom. The van der Waals surface area contributed by atoms with Crippen LogP contribution < -0.4 is 0 Å². The van der Waals surface area contributed by atoms with E-state index in [0.29, 0.717) is 17.0 Å². The second-order valence-electron chi connectivity index (χ2n) is 26.4. The number of hydrogen-bond donors (Lipinski definition) is 1. The topological polar surface area (TPSA) is 79.7 Å². The predicted molar refractivity (Wildman–Crippen MR) is 331 cm³/mol. The van der Waals surface area contributed by atoms with Gasteiger partial charge in [0.2, 0.25) is 0 Å². The van der Waals surface area contributed by atoms with E-state index in [4.69, 9.17) is 9.97 Å². The largest absolute Gasteiger partial charge is 0.507 e. The molecule has 0 spiro atoms. The maximum absolute atomic E-state index is 13.0. The summed E-state index contributed by atoms with van der Waals surface area (Å²) in [6.45, 7) is 35.3. The molecule has 2 heterocycles. The van der Waals surface area contributed by atoms with Crippen LogP contribution in [0.5, 0.6) is 5.75 Å². The second kappa shape index (κ2) is 21.3. The zero-order valence-corrected chi connectivity index (χ0v) is 51.9. The summed E-state index contributed by atoms with van der Waals surface area (Å²) >= 11 is 0. The zero-order chi connectivity index (χ0) is 56.7. The Morgan fingerprint density at radius 2 is 1.06 bits per heavy atom. The van der Waals surface area contributed by atoms with Gasteiger partial charge in [-0.05, 0) is 121 Å². The van der Waals surface area contributed by atoms with Crippen molar-refractivity contribution in [2.75, 3.05) is 0 Å². The summed E-state index contributed by atoms with van der Waals surface area (Å²) in [5.74, 6) is 1.55. The summed E-state index contributed by atoms with van der Waals surface area (Å²) in [5.41, 5.74) is 18.5. The smallest absolute Gasteiger partial charge is 0.150 e. The van der Waals surface area contributed by atoms with Gasteiger partial charge in [-0.1, -0.05) is 213 Å². The van der Waals surface area contributed by atoms with E-state index < -0.39 is 10.8 Å². The molecule has 6 nitrogen and oxygen atoms in total. The Bertz CT molecular complexity index is 3980. The molecular weight excluding hydrogens is 1160 g/mol. The molecule has 0 radical (unpaired) electrons. The molecule has 0 aliphatic heterocycles. The molecule has 80 heavy (non-hydrogen) atoms. The minimum absolute atomic E-state index is 0. The molecular formula is C73H76N5OPt-. The average Bonchev–Trinajstić information content (AvgIpc) is 4.06. The number of aromatic nitrogens is 4. The Hall–Kier alpha value is -7.32. The van der Waals surface area contributed by atoms with Crippen LogP contribution in [-0.4, -0.2) is 24.2 Å². The van der Waals surface area contributed by atoms with Gasteiger partial charge in [0.1, 0.15) is 17.6 Å². The van der Waals surface area contributed by atoms with E-state index in [9.17, 15) is 10.4 Å². The molecule has 10 aromatic rings. The molecule has 7 heteroatoms. The van der Waals surface area contributed by atoms with E-state index in [1.54, 1.807) is 0 Å². The number of phenols is 1. The van der Waals surface area contributed by atoms with Gasteiger partial charge < -0.3 is 9.67 Å². The van der Waals surface area contributed by atoms with E-state index in [1.165, 1.54) is 5.56 Å². The summed E-state index contributed by atoms with van der Waals surface area (Å²) in [6.07, 6.45) is 0. The number of fused-ring (bicyclic) bond motifs is 2. The van der Waals surface area contributed by atoms with E-state index in [1.807, 2.05) is 6.07 Å². The quantitative estimate of drug-likeness (QED) is 0.146. The fourth-order valence-corrected chi connectivity index (χ4v) is 11.3. The fourth-order valence-electron chi connectivity index (χ4n) is 11.3. The van der Waals surface area contributed by atoms with Crippen LogP contribution in [0.2, 0.25) is 0 Å². The first kappa shape index (κ1) is 57.4. The molecule has 0 aliphatic rings. The molecule has 10 rings (SSSR count). The van der Waals surface area contributed by atoms with Gasteiger partial charge in [0.15, 0.2) is 0 Å². The minimum Gasteiger partial charge on any atom is -0.507 e.